The third-order valence-corrected chi connectivity index (χ3v) is 6.60. The van der Waals surface area contributed by atoms with Crippen LogP contribution in [0.2, 0.25) is 4.34 Å². The zero-order valence-corrected chi connectivity index (χ0v) is 13.7. The summed E-state index contributed by atoms with van der Waals surface area (Å²) in [5.41, 5.74) is 0. The molecule has 2 rings (SSSR count). The van der Waals surface area contributed by atoms with Gasteiger partial charge >= 0.3 is 0 Å². The molecule has 20 heavy (non-hydrogen) atoms. The van der Waals surface area contributed by atoms with Gasteiger partial charge < -0.3 is 0 Å². The predicted octanol–water partition coefficient (Wildman–Crippen LogP) is 2.60. The van der Waals surface area contributed by atoms with Gasteiger partial charge in [-0.2, -0.15) is 8.42 Å². The Bertz CT molecular complexity index is 681. The highest BCUT2D eigenvalue weighted by molar-refractivity contribution is 8.16. The summed E-state index contributed by atoms with van der Waals surface area (Å²) in [6, 6.07) is 2.89. The molecule has 1 atom stereocenters. The van der Waals surface area contributed by atoms with Crippen molar-refractivity contribution in [3.05, 3.63) is 29.1 Å². The third-order valence-electron chi connectivity index (χ3n) is 2.44. The molecule has 1 aliphatic heterocycles. The van der Waals surface area contributed by atoms with Crippen molar-refractivity contribution in [2.45, 2.75) is 16.4 Å². The number of carbonyl (C=O) groups excluding carboxylic acids is 1. The van der Waals surface area contributed by atoms with Crippen LogP contribution in [0.15, 0.2) is 33.4 Å². The van der Waals surface area contributed by atoms with E-state index in [-0.39, 0.29) is 27.1 Å². The van der Waals surface area contributed by atoms with Gasteiger partial charge in [-0.25, -0.2) is 0 Å². The molecule has 0 aliphatic carbocycles. The first-order chi connectivity index (χ1) is 9.35. The van der Waals surface area contributed by atoms with E-state index in [0.717, 1.165) is 23.1 Å². The van der Waals surface area contributed by atoms with Crippen LogP contribution in [0.4, 0.5) is 0 Å². The molecule has 0 N–H and O–H groups in total. The van der Waals surface area contributed by atoms with Gasteiger partial charge in [0.05, 0.1) is 9.59 Å². The fourth-order valence-corrected chi connectivity index (χ4v) is 5.19. The summed E-state index contributed by atoms with van der Waals surface area (Å²) in [5.74, 6) is -0.173. The first-order valence-electron chi connectivity index (χ1n) is 5.54. The first-order valence-corrected chi connectivity index (χ1v) is 9.06. The monoisotopic (exact) mass is 350 g/mol. The number of rotatable bonds is 4. The minimum atomic E-state index is -3.85. The molecule has 108 valence electrons. The lowest BCUT2D eigenvalue weighted by atomic mass is 10.4. The summed E-state index contributed by atoms with van der Waals surface area (Å²) in [6.45, 7) is 5.49. The second-order valence-corrected chi connectivity index (χ2v) is 8.76. The van der Waals surface area contributed by atoms with Crippen molar-refractivity contribution in [2.24, 2.45) is 4.40 Å². The molecule has 9 heteroatoms. The number of thioether (sulfide) groups is 1. The van der Waals surface area contributed by atoms with Crippen LogP contribution in [0, 0.1) is 0 Å². The second-order valence-electron chi connectivity index (χ2n) is 3.91. The Balaban J connectivity index is 2.38. The number of carbonyl (C=O) groups is 1. The van der Waals surface area contributed by atoms with Gasteiger partial charge in [-0.05, 0) is 19.1 Å². The first kappa shape index (κ1) is 15.6. The molecule has 1 saturated heterocycles. The molecule has 5 nitrogen and oxygen atoms in total. The number of amides is 1. The fraction of sp³-hybridized carbons (Fsp3) is 0.273. The molecule has 1 fully saturated rings. The standard InChI is InChI=1S/C11H11ClN2O3S3/c1-3-6-14-10(15)7(2)18-11(14)13-20(16,17)9-5-4-8(12)19-9/h3-5,7H,1,6H2,2H3. The Morgan fingerprint density at radius 3 is 2.80 bits per heavy atom. The summed E-state index contributed by atoms with van der Waals surface area (Å²) in [4.78, 5) is 13.2. The van der Waals surface area contributed by atoms with Gasteiger partial charge in [0.1, 0.15) is 4.21 Å². The molecule has 1 unspecified atom stereocenters. The minimum absolute atomic E-state index is 0.0566. The van der Waals surface area contributed by atoms with Crippen molar-refractivity contribution < 1.29 is 13.2 Å². The maximum Gasteiger partial charge on any atom is 0.294 e. The predicted molar refractivity (Wildman–Crippen MR) is 82.9 cm³/mol. The topological polar surface area (TPSA) is 66.8 Å². The Morgan fingerprint density at radius 1 is 1.55 bits per heavy atom. The zero-order valence-electron chi connectivity index (χ0n) is 10.4. The summed E-state index contributed by atoms with van der Waals surface area (Å²) in [6.07, 6.45) is 1.53. The van der Waals surface area contributed by atoms with E-state index in [2.05, 4.69) is 11.0 Å². The molecular weight excluding hydrogens is 340 g/mol. The van der Waals surface area contributed by atoms with Gasteiger partial charge in [-0.1, -0.05) is 29.4 Å². The van der Waals surface area contributed by atoms with E-state index in [9.17, 15) is 13.2 Å². The van der Waals surface area contributed by atoms with E-state index in [1.807, 2.05) is 0 Å². The number of hydrogen-bond donors (Lipinski definition) is 0. The Hall–Kier alpha value is -0.830. The molecule has 1 amide bonds. The van der Waals surface area contributed by atoms with Gasteiger partial charge in [0.2, 0.25) is 5.91 Å². The van der Waals surface area contributed by atoms with Gasteiger partial charge in [-0.3, -0.25) is 9.69 Å². The lowest BCUT2D eigenvalue weighted by molar-refractivity contribution is -0.125. The lowest BCUT2D eigenvalue weighted by Gasteiger charge is -2.12. The van der Waals surface area contributed by atoms with E-state index >= 15 is 0 Å². The van der Waals surface area contributed by atoms with Gasteiger partial charge in [0.15, 0.2) is 5.17 Å². The van der Waals surface area contributed by atoms with Gasteiger partial charge in [0.25, 0.3) is 10.0 Å². The highest BCUT2D eigenvalue weighted by Gasteiger charge is 2.35. The average molecular weight is 351 g/mol. The van der Waals surface area contributed by atoms with Crippen molar-refractivity contribution in [1.82, 2.24) is 4.90 Å². The number of sulfonamides is 1. The van der Waals surface area contributed by atoms with Crippen LogP contribution in [0.5, 0.6) is 0 Å². The quantitative estimate of drug-likeness (QED) is 0.783. The van der Waals surface area contributed by atoms with Crippen molar-refractivity contribution in [2.75, 3.05) is 6.54 Å². The molecule has 0 bridgehead atoms. The van der Waals surface area contributed by atoms with Crippen LogP contribution in [0.25, 0.3) is 0 Å². The van der Waals surface area contributed by atoms with Crippen LogP contribution in [-0.4, -0.2) is 36.2 Å². The van der Waals surface area contributed by atoms with Crippen LogP contribution >= 0.6 is 34.7 Å². The number of halogens is 1. The molecule has 1 aliphatic rings. The highest BCUT2D eigenvalue weighted by atomic mass is 35.5. The summed E-state index contributed by atoms with van der Waals surface area (Å²) in [7, 11) is -3.85. The molecule has 2 heterocycles. The number of nitrogens with zero attached hydrogens (tertiary/aromatic N) is 2. The van der Waals surface area contributed by atoms with Crippen LogP contribution in [0.3, 0.4) is 0 Å². The van der Waals surface area contributed by atoms with E-state index < -0.39 is 10.0 Å². The van der Waals surface area contributed by atoms with E-state index in [1.165, 1.54) is 23.1 Å². The molecule has 1 aromatic heterocycles. The maximum atomic E-state index is 12.2. The Labute approximate surface area is 130 Å². The van der Waals surface area contributed by atoms with Crippen molar-refractivity contribution >= 4 is 55.8 Å². The Kier molecular flexibility index (Phi) is 4.58. The zero-order chi connectivity index (χ0) is 14.9. The number of thiophene rings is 1. The maximum absolute atomic E-state index is 12.2. The molecular formula is C11H11ClN2O3S3. The normalized spacial score (nSPS) is 21.7. The van der Waals surface area contributed by atoms with Crippen LogP contribution in [-0.2, 0) is 14.8 Å². The molecule has 1 aromatic rings. The van der Waals surface area contributed by atoms with E-state index in [4.69, 9.17) is 11.6 Å². The fourth-order valence-electron chi connectivity index (χ4n) is 1.54. The van der Waals surface area contributed by atoms with Crippen molar-refractivity contribution in [1.29, 1.82) is 0 Å². The molecule has 0 saturated carbocycles. The minimum Gasteiger partial charge on any atom is -0.286 e. The summed E-state index contributed by atoms with van der Waals surface area (Å²) in [5, 5.41) is -0.178. The Morgan fingerprint density at radius 2 is 2.25 bits per heavy atom. The summed E-state index contributed by atoms with van der Waals surface area (Å²) >= 11 is 7.78. The van der Waals surface area contributed by atoms with Crippen molar-refractivity contribution in [3.63, 3.8) is 0 Å². The second kappa shape index (κ2) is 5.88. The van der Waals surface area contributed by atoms with E-state index in [0.29, 0.717) is 4.34 Å². The smallest absolute Gasteiger partial charge is 0.286 e. The number of amidine groups is 1. The number of hydrogen-bond acceptors (Lipinski definition) is 5. The third kappa shape index (κ3) is 3.08. The molecule has 0 spiro atoms. The largest absolute Gasteiger partial charge is 0.294 e. The molecule has 0 radical (unpaired) electrons. The van der Waals surface area contributed by atoms with Gasteiger partial charge in [-0.15, -0.1) is 22.3 Å². The average Bonchev–Trinajstić information content (AvgIpc) is 2.90. The summed E-state index contributed by atoms with van der Waals surface area (Å²) < 4.78 is 28.5. The lowest BCUT2D eigenvalue weighted by Crippen LogP contribution is -2.31. The SMILES string of the molecule is C=CCN1C(=O)C(C)SC1=NS(=O)(=O)c1ccc(Cl)s1. The van der Waals surface area contributed by atoms with Gasteiger partial charge in [0, 0.05) is 6.54 Å². The highest BCUT2D eigenvalue weighted by Crippen LogP contribution is 2.31. The van der Waals surface area contributed by atoms with Crippen LogP contribution in [0.1, 0.15) is 6.92 Å². The van der Waals surface area contributed by atoms with E-state index in [1.54, 1.807) is 6.92 Å². The van der Waals surface area contributed by atoms with Crippen LogP contribution < -0.4 is 0 Å². The van der Waals surface area contributed by atoms with Crippen molar-refractivity contribution in [3.8, 4) is 0 Å². The molecule has 0 aromatic carbocycles.